The summed E-state index contributed by atoms with van der Waals surface area (Å²) in [6.45, 7) is 2.02. The van der Waals surface area contributed by atoms with Crippen molar-refractivity contribution in [3.05, 3.63) is 47.1 Å². The van der Waals surface area contributed by atoms with E-state index in [-0.39, 0.29) is 0 Å². The lowest BCUT2D eigenvalue weighted by Gasteiger charge is -1.96. The van der Waals surface area contributed by atoms with Crippen molar-refractivity contribution in [3.8, 4) is 17.3 Å². The van der Waals surface area contributed by atoms with E-state index >= 15 is 0 Å². The van der Waals surface area contributed by atoms with Crippen LogP contribution in [-0.4, -0.2) is 9.38 Å². The molecule has 1 aromatic carbocycles. The lowest BCUT2D eigenvalue weighted by atomic mass is 10.1. The van der Waals surface area contributed by atoms with Crippen LogP contribution >= 0.6 is 11.3 Å². The van der Waals surface area contributed by atoms with E-state index in [1.165, 1.54) is 0 Å². The second-order valence-corrected chi connectivity index (χ2v) is 4.99. The Morgan fingerprint density at radius 3 is 2.76 bits per heavy atom. The largest absolute Gasteiger partial charge is 0.281 e. The molecule has 0 unspecified atom stereocenters. The summed E-state index contributed by atoms with van der Waals surface area (Å²) < 4.78 is 1.86. The molecule has 0 radical (unpaired) electrons. The number of benzene rings is 1. The summed E-state index contributed by atoms with van der Waals surface area (Å²) in [7, 11) is 0. The van der Waals surface area contributed by atoms with E-state index in [9.17, 15) is 5.26 Å². The number of nitriles is 1. The molecule has 3 aromatic rings. The minimum absolute atomic E-state index is 0.607. The number of nitrogens with zero attached hydrogens (tertiary/aromatic N) is 3. The van der Waals surface area contributed by atoms with Crippen molar-refractivity contribution in [1.29, 1.82) is 5.26 Å². The SMILES string of the molecule is Cc1cn2c(C#N)c(-c3ccccc3)nc2s1. The zero-order valence-electron chi connectivity index (χ0n) is 9.21. The van der Waals surface area contributed by atoms with Crippen molar-refractivity contribution in [1.82, 2.24) is 9.38 Å². The van der Waals surface area contributed by atoms with E-state index in [4.69, 9.17) is 0 Å². The fourth-order valence-electron chi connectivity index (χ4n) is 1.86. The van der Waals surface area contributed by atoms with Crippen LogP contribution < -0.4 is 0 Å². The molecule has 82 valence electrons. The zero-order valence-corrected chi connectivity index (χ0v) is 10.0. The number of hydrogen-bond acceptors (Lipinski definition) is 3. The molecule has 0 fully saturated rings. The maximum atomic E-state index is 9.27. The second-order valence-electron chi connectivity index (χ2n) is 3.78. The Morgan fingerprint density at radius 2 is 2.06 bits per heavy atom. The molecule has 4 heteroatoms. The molecule has 0 aliphatic heterocycles. The molecular weight excluding hydrogens is 230 g/mol. The number of thiazole rings is 1. The van der Waals surface area contributed by atoms with Crippen molar-refractivity contribution in [3.63, 3.8) is 0 Å². The lowest BCUT2D eigenvalue weighted by Crippen LogP contribution is -1.85. The maximum Gasteiger partial charge on any atom is 0.195 e. The molecule has 17 heavy (non-hydrogen) atoms. The van der Waals surface area contributed by atoms with Gasteiger partial charge in [-0.3, -0.25) is 4.40 Å². The van der Waals surface area contributed by atoms with Crippen molar-refractivity contribution in [2.75, 3.05) is 0 Å². The molecule has 0 bridgehead atoms. The Labute approximate surface area is 103 Å². The summed E-state index contributed by atoms with van der Waals surface area (Å²) in [6, 6.07) is 12.0. The van der Waals surface area contributed by atoms with Crippen LogP contribution in [0.3, 0.4) is 0 Å². The topological polar surface area (TPSA) is 41.1 Å². The molecule has 0 aliphatic rings. The van der Waals surface area contributed by atoms with Gasteiger partial charge in [0.2, 0.25) is 0 Å². The van der Waals surface area contributed by atoms with Crippen molar-refractivity contribution in [2.45, 2.75) is 6.92 Å². The molecule has 0 N–H and O–H groups in total. The molecule has 2 heterocycles. The Morgan fingerprint density at radius 1 is 1.29 bits per heavy atom. The molecule has 3 nitrogen and oxygen atoms in total. The molecular formula is C13H9N3S. The smallest absolute Gasteiger partial charge is 0.195 e. The Bertz CT molecular complexity index is 716. The van der Waals surface area contributed by atoms with E-state index < -0.39 is 0 Å². The van der Waals surface area contributed by atoms with Crippen LogP contribution in [-0.2, 0) is 0 Å². The average molecular weight is 239 g/mol. The van der Waals surface area contributed by atoms with Crippen LogP contribution in [0, 0.1) is 18.3 Å². The molecule has 0 aliphatic carbocycles. The fourth-order valence-corrected chi connectivity index (χ4v) is 2.69. The third-order valence-electron chi connectivity index (χ3n) is 2.60. The summed E-state index contributed by atoms with van der Waals surface area (Å²) in [5.74, 6) is 0. The van der Waals surface area contributed by atoms with E-state index in [0.717, 1.165) is 21.1 Å². The normalized spacial score (nSPS) is 10.6. The van der Waals surface area contributed by atoms with Gasteiger partial charge in [0, 0.05) is 16.6 Å². The number of hydrogen-bond donors (Lipinski definition) is 0. The van der Waals surface area contributed by atoms with Gasteiger partial charge in [-0.1, -0.05) is 30.3 Å². The van der Waals surface area contributed by atoms with Crippen molar-refractivity contribution in [2.24, 2.45) is 0 Å². The van der Waals surface area contributed by atoms with Gasteiger partial charge in [-0.25, -0.2) is 4.98 Å². The predicted molar refractivity (Wildman–Crippen MR) is 68.0 cm³/mol. The summed E-state index contributed by atoms with van der Waals surface area (Å²) in [5.41, 5.74) is 2.35. The van der Waals surface area contributed by atoms with Gasteiger partial charge in [-0.2, -0.15) is 5.26 Å². The van der Waals surface area contributed by atoms with Crippen molar-refractivity contribution < 1.29 is 0 Å². The number of aryl methyl sites for hydroxylation is 1. The van der Waals surface area contributed by atoms with Gasteiger partial charge < -0.3 is 0 Å². The molecule has 2 aromatic heterocycles. The van der Waals surface area contributed by atoms with E-state index in [2.05, 4.69) is 11.1 Å². The lowest BCUT2D eigenvalue weighted by molar-refractivity contribution is 1.18. The summed E-state index contributed by atoms with van der Waals surface area (Å²) in [5, 5.41) is 9.27. The highest BCUT2D eigenvalue weighted by Gasteiger charge is 2.14. The number of imidazole rings is 1. The van der Waals surface area contributed by atoms with Crippen LogP contribution in [0.1, 0.15) is 10.6 Å². The zero-order chi connectivity index (χ0) is 11.8. The summed E-state index contributed by atoms with van der Waals surface area (Å²) >= 11 is 1.60. The van der Waals surface area contributed by atoms with Crippen LogP contribution in [0.25, 0.3) is 16.2 Å². The summed E-state index contributed by atoms with van der Waals surface area (Å²) in [4.78, 5) is 6.56. The van der Waals surface area contributed by atoms with Gasteiger partial charge >= 0.3 is 0 Å². The fraction of sp³-hybridized carbons (Fsp3) is 0.0769. The number of fused-ring (bicyclic) bond motifs is 1. The molecule has 3 rings (SSSR count). The van der Waals surface area contributed by atoms with Crippen LogP contribution in [0.4, 0.5) is 0 Å². The second kappa shape index (κ2) is 3.72. The Hall–Kier alpha value is -2.12. The highest BCUT2D eigenvalue weighted by Crippen LogP contribution is 2.27. The van der Waals surface area contributed by atoms with Crippen LogP contribution in [0.2, 0.25) is 0 Å². The minimum atomic E-state index is 0.607. The third kappa shape index (κ3) is 1.52. The molecule has 0 saturated heterocycles. The van der Waals surface area contributed by atoms with Gasteiger partial charge in [-0.05, 0) is 6.92 Å². The molecule has 0 saturated carbocycles. The van der Waals surface area contributed by atoms with E-state index in [1.807, 2.05) is 47.9 Å². The van der Waals surface area contributed by atoms with Crippen molar-refractivity contribution >= 4 is 16.3 Å². The predicted octanol–water partition coefficient (Wildman–Crippen LogP) is 3.24. The van der Waals surface area contributed by atoms with Gasteiger partial charge in [0.25, 0.3) is 0 Å². The van der Waals surface area contributed by atoms with Gasteiger partial charge in [0.1, 0.15) is 11.8 Å². The first-order valence-corrected chi connectivity index (χ1v) is 6.05. The Balaban J connectivity index is 2.31. The standard InChI is InChI=1S/C13H9N3S/c1-9-8-16-11(7-14)12(15-13(16)17-9)10-5-3-2-4-6-10/h2-6,8H,1H3. The maximum absolute atomic E-state index is 9.27. The highest BCUT2D eigenvalue weighted by molar-refractivity contribution is 7.17. The van der Waals surface area contributed by atoms with Crippen LogP contribution in [0.5, 0.6) is 0 Å². The number of rotatable bonds is 1. The van der Waals surface area contributed by atoms with Gasteiger partial charge in [-0.15, -0.1) is 11.3 Å². The summed E-state index contributed by atoms with van der Waals surface area (Å²) in [6.07, 6.45) is 1.96. The quantitative estimate of drug-likeness (QED) is 0.654. The average Bonchev–Trinajstić information content (AvgIpc) is 2.85. The molecule has 0 atom stereocenters. The van der Waals surface area contributed by atoms with E-state index in [0.29, 0.717) is 5.69 Å². The van der Waals surface area contributed by atoms with E-state index in [1.54, 1.807) is 11.3 Å². The van der Waals surface area contributed by atoms with Gasteiger partial charge in [0.15, 0.2) is 10.7 Å². The minimum Gasteiger partial charge on any atom is -0.281 e. The third-order valence-corrected chi connectivity index (χ3v) is 3.49. The first-order valence-electron chi connectivity index (χ1n) is 5.23. The first-order chi connectivity index (χ1) is 8.29. The van der Waals surface area contributed by atoms with Gasteiger partial charge in [0.05, 0.1) is 0 Å². The van der Waals surface area contributed by atoms with Crippen LogP contribution in [0.15, 0.2) is 36.5 Å². The first kappa shape index (κ1) is 10.1. The monoisotopic (exact) mass is 239 g/mol. The number of aromatic nitrogens is 2. The molecule has 0 amide bonds. The molecule has 0 spiro atoms. The Kier molecular flexibility index (Phi) is 2.20. The highest BCUT2D eigenvalue weighted by atomic mass is 32.1.